The van der Waals surface area contributed by atoms with Gasteiger partial charge in [-0.1, -0.05) is 19.9 Å². The number of likely N-dealkylation sites (tertiary alicyclic amines) is 1. The smallest absolute Gasteiger partial charge is 0.262 e. The van der Waals surface area contributed by atoms with Gasteiger partial charge in [0, 0.05) is 13.1 Å². The van der Waals surface area contributed by atoms with Crippen LogP contribution in [-0.2, 0) is 4.79 Å². The minimum atomic E-state index is -0.456. The molecule has 23 heavy (non-hydrogen) atoms. The Kier molecular flexibility index (Phi) is 8.02. The van der Waals surface area contributed by atoms with Gasteiger partial charge in [0.1, 0.15) is 6.04 Å². The van der Waals surface area contributed by atoms with Crippen molar-refractivity contribution < 1.29 is 9.59 Å². The summed E-state index contributed by atoms with van der Waals surface area (Å²) in [6.07, 6.45) is 1.02. The molecule has 1 aliphatic heterocycles. The number of amides is 2. The second-order valence-corrected chi connectivity index (χ2v) is 7.12. The molecule has 2 N–H and O–H groups in total. The van der Waals surface area contributed by atoms with Crippen LogP contribution < -0.4 is 10.6 Å². The van der Waals surface area contributed by atoms with Crippen LogP contribution in [0.15, 0.2) is 17.5 Å². The second kappa shape index (κ2) is 9.25. The Hall–Kier alpha value is -1.11. The highest BCUT2D eigenvalue weighted by atomic mass is 35.5. The van der Waals surface area contributed by atoms with Crippen LogP contribution in [0, 0.1) is 11.8 Å². The molecule has 2 unspecified atom stereocenters. The Balaban J connectivity index is 0.00000264. The molecule has 0 spiro atoms. The first-order chi connectivity index (χ1) is 10.5. The summed E-state index contributed by atoms with van der Waals surface area (Å²) in [5.41, 5.74) is 0. The maximum Gasteiger partial charge on any atom is 0.262 e. The van der Waals surface area contributed by atoms with Crippen LogP contribution in [0.25, 0.3) is 0 Å². The number of halogens is 1. The quantitative estimate of drug-likeness (QED) is 0.816. The highest BCUT2D eigenvalue weighted by Crippen LogP contribution is 2.19. The van der Waals surface area contributed by atoms with E-state index >= 15 is 0 Å². The number of carbonyl (C=O) groups is 2. The van der Waals surface area contributed by atoms with E-state index in [0.717, 1.165) is 26.1 Å². The number of hydrogen-bond acceptors (Lipinski definition) is 4. The average Bonchev–Trinajstić information content (AvgIpc) is 3.15. The zero-order valence-corrected chi connectivity index (χ0v) is 15.5. The van der Waals surface area contributed by atoms with Gasteiger partial charge >= 0.3 is 0 Å². The lowest BCUT2D eigenvalue weighted by atomic mass is 10.0. The first kappa shape index (κ1) is 19.9. The molecule has 7 heteroatoms. The summed E-state index contributed by atoms with van der Waals surface area (Å²) in [5, 5.41) is 7.94. The topological polar surface area (TPSA) is 61.4 Å². The monoisotopic (exact) mass is 359 g/mol. The van der Waals surface area contributed by atoms with E-state index in [4.69, 9.17) is 0 Å². The molecule has 1 fully saturated rings. The molecule has 0 radical (unpaired) electrons. The van der Waals surface area contributed by atoms with Gasteiger partial charge in [0.15, 0.2) is 0 Å². The maximum absolute atomic E-state index is 12.7. The van der Waals surface area contributed by atoms with Crippen LogP contribution in [0.3, 0.4) is 0 Å². The van der Waals surface area contributed by atoms with Crippen LogP contribution in [-0.4, -0.2) is 49.4 Å². The predicted molar refractivity (Wildman–Crippen MR) is 96.3 cm³/mol. The van der Waals surface area contributed by atoms with Crippen molar-refractivity contribution in [1.29, 1.82) is 0 Å². The van der Waals surface area contributed by atoms with Crippen molar-refractivity contribution in [2.24, 2.45) is 11.8 Å². The highest BCUT2D eigenvalue weighted by molar-refractivity contribution is 7.12. The van der Waals surface area contributed by atoms with E-state index in [1.165, 1.54) is 11.3 Å². The van der Waals surface area contributed by atoms with Gasteiger partial charge in [-0.3, -0.25) is 9.59 Å². The molecule has 1 aliphatic rings. The third-order valence-electron chi connectivity index (χ3n) is 4.05. The van der Waals surface area contributed by atoms with Gasteiger partial charge < -0.3 is 15.5 Å². The van der Waals surface area contributed by atoms with E-state index in [1.807, 2.05) is 37.2 Å². The minimum absolute atomic E-state index is 0. The molecule has 2 atom stereocenters. The summed E-state index contributed by atoms with van der Waals surface area (Å²) < 4.78 is 0. The van der Waals surface area contributed by atoms with E-state index in [9.17, 15) is 9.59 Å². The van der Waals surface area contributed by atoms with Crippen LogP contribution in [0.2, 0.25) is 0 Å². The van der Waals surface area contributed by atoms with Crippen LogP contribution in [0.4, 0.5) is 0 Å². The van der Waals surface area contributed by atoms with Crippen molar-refractivity contribution in [2.45, 2.75) is 26.3 Å². The lowest BCUT2D eigenvalue weighted by molar-refractivity contribution is -0.133. The number of hydrogen-bond donors (Lipinski definition) is 2. The number of nitrogens with one attached hydrogen (secondary N) is 2. The number of nitrogens with zero attached hydrogens (tertiary/aromatic N) is 1. The summed E-state index contributed by atoms with van der Waals surface area (Å²) in [5.74, 6) is 0.459. The predicted octanol–water partition coefficient (Wildman–Crippen LogP) is 1.99. The van der Waals surface area contributed by atoms with Crippen LogP contribution >= 0.6 is 23.7 Å². The largest absolute Gasteiger partial charge is 0.341 e. The molecule has 1 aromatic heterocycles. The van der Waals surface area contributed by atoms with Gasteiger partial charge in [-0.15, -0.1) is 23.7 Å². The van der Waals surface area contributed by atoms with Crippen molar-refractivity contribution in [3.63, 3.8) is 0 Å². The standard InChI is InChI=1S/C16H25N3O2S.ClH/c1-11(2)14(18-15(20)13-5-4-8-22-13)16(21)19-7-6-12(10-19)9-17-3;/h4-5,8,11-12,14,17H,6-7,9-10H2,1-3H3,(H,18,20);1H. The SMILES string of the molecule is CNCC1CCN(C(=O)C(NC(=O)c2cccs2)C(C)C)C1.Cl. The van der Waals surface area contributed by atoms with E-state index in [-0.39, 0.29) is 30.1 Å². The van der Waals surface area contributed by atoms with Gasteiger partial charge in [0.2, 0.25) is 5.91 Å². The van der Waals surface area contributed by atoms with Crippen LogP contribution in [0.1, 0.15) is 29.9 Å². The summed E-state index contributed by atoms with van der Waals surface area (Å²) in [6.45, 7) is 6.43. The summed E-state index contributed by atoms with van der Waals surface area (Å²) in [4.78, 5) is 27.5. The summed E-state index contributed by atoms with van der Waals surface area (Å²) in [7, 11) is 1.93. The molecule has 2 rings (SSSR count). The van der Waals surface area contributed by atoms with E-state index < -0.39 is 6.04 Å². The molecule has 2 amide bonds. The molecular weight excluding hydrogens is 334 g/mol. The molecule has 2 heterocycles. The van der Waals surface area contributed by atoms with Crippen molar-refractivity contribution in [3.05, 3.63) is 22.4 Å². The number of carbonyl (C=O) groups excluding carboxylic acids is 2. The molecule has 0 aromatic carbocycles. The van der Waals surface area contributed by atoms with E-state index in [1.54, 1.807) is 6.07 Å². The van der Waals surface area contributed by atoms with Gasteiger partial charge in [0.05, 0.1) is 4.88 Å². The average molecular weight is 360 g/mol. The zero-order chi connectivity index (χ0) is 16.1. The normalized spacial score (nSPS) is 18.6. The molecule has 0 bridgehead atoms. The molecule has 0 saturated carbocycles. The third-order valence-corrected chi connectivity index (χ3v) is 4.92. The van der Waals surface area contributed by atoms with Gasteiger partial charge in [-0.2, -0.15) is 0 Å². The molecular formula is C16H26ClN3O2S. The molecule has 5 nitrogen and oxygen atoms in total. The Morgan fingerprint density at radius 2 is 2.17 bits per heavy atom. The minimum Gasteiger partial charge on any atom is -0.341 e. The van der Waals surface area contributed by atoms with Crippen LogP contribution in [0.5, 0.6) is 0 Å². The number of rotatable bonds is 6. The Morgan fingerprint density at radius 1 is 1.43 bits per heavy atom. The van der Waals surface area contributed by atoms with Gasteiger partial charge in [-0.25, -0.2) is 0 Å². The van der Waals surface area contributed by atoms with Crippen molar-refractivity contribution >= 4 is 35.6 Å². The Morgan fingerprint density at radius 3 is 2.74 bits per heavy atom. The fourth-order valence-electron chi connectivity index (χ4n) is 2.82. The zero-order valence-electron chi connectivity index (χ0n) is 13.9. The molecule has 1 aromatic rings. The van der Waals surface area contributed by atoms with Crippen molar-refractivity contribution in [1.82, 2.24) is 15.5 Å². The fourth-order valence-corrected chi connectivity index (χ4v) is 3.45. The summed E-state index contributed by atoms with van der Waals surface area (Å²) in [6, 6.07) is 3.16. The fraction of sp³-hybridized carbons (Fsp3) is 0.625. The van der Waals surface area contributed by atoms with Crippen molar-refractivity contribution in [2.75, 3.05) is 26.7 Å². The molecule has 1 saturated heterocycles. The maximum atomic E-state index is 12.7. The molecule has 0 aliphatic carbocycles. The highest BCUT2D eigenvalue weighted by Gasteiger charge is 2.33. The molecule has 130 valence electrons. The third kappa shape index (κ3) is 5.19. The Bertz CT molecular complexity index is 507. The second-order valence-electron chi connectivity index (χ2n) is 6.17. The van der Waals surface area contributed by atoms with Gasteiger partial charge in [0.25, 0.3) is 5.91 Å². The number of thiophene rings is 1. The first-order valence-electron chi connectivity index (χ1n) is 7.80. The van der Waals surface area contributed by atoms with E-state index in [2.05, 4.69) is 10.6 Å². The lowest BCUT2D eigenvalue weighted by Crippen LogP contribution is -2.50. The Labute approximate surface area is 148 Å². The van der Waals surface area contributed by atoms with Crippen molar-refractivity contribution in [3.8, 4) is 0 Å². The first-order valence-corrected chi connectivity index (χ1v) is 8.68. The summed E-state index contributed by atoms with van der Waals surface area (Å²) >= 11 is 1.39. The van der Waals surface area contributed by atoms with Gasteiger partial charge in [-0.05, 0) is 43.3 Å². The lowest BCUT2D eigenvalue weighted by Gasteiger charge is -2.27. The van der Waals surface area contributed by atoms with E-state index in [0.29, 0.717) is 10.8 Å².